The number of carbonyl (C=O) groups excluding carboxylic acids is 1. The zero-order valence-electron chi connectivity index (χ0n) is 11.1. The third-order valence-corrected chi connectivity index (χ3v) is 2.92. The van der Waals surface area contributed by atoms with E-state index < -0.39 is 0 Å². The zero-order valence-corrected chi connectivity index (χ0v) is 11.1. The standard InChI is InChI=1S/C15H23NO2/c1-2-3-5-10-15(18)16-14(12-17)11-13-8-6-4-7-9-13/h4,6-9,14,17H,2-3,5,10-12H2,1H3,(H,16,18). The van der Waals surface area contributed by atoms with E-state index in [-0.39, 0.29) is 18.6 Å². The molecule has 0 aliphatic heterocycles. The van der Waals surface area contributed by atoms with Crippen molar-refractivity contribution in [3.8, 4) is 0 Å². The topological polar surface area (TPSA) is 49.3 Å². The predicted molar refractivity (Wildman–Crippen MR) is 73.3 cm³/mol. The second-order valence-electron chi connectivity index (χ2n) is 4.59. The van der Waals surface area contributed by atoms with Crippen molar-refractivity contribution in [3.63, 3.8) is 0 Å². The Morgan fingerprint density at radius 1 is 1.28 bits per heavy atom. The molecule has 3 heteroatoms. The molecule has 0 aromatic heterocycles. The Bertz CT molecular complexity index is 338. The summed E-state index contributed by atoms with van der Waals surface area (Å²) in [5.74, 6) is 0.0402. The van der Waals surface area contributed by atoms with Gasteiger partial charge in [0.1, 0.15) is 0 Å². The van der Waals surface area contributed by atoms with E-state index in [1.165, 1.54) is 0 Å². The summed E-state index contributed by atoms with van der Waals surface area (Å²) in [6.45, 7) is 2.10. The number of rotatable bonds is 8. The first-order valence-electron chi connectivity index (χ1n) is 6.70. The van der Waals surface area contributed by atoms with Gasteiger partial charge < -0.3 is 10.4 Å². The van der Waals surface area contributed by atoms with Gasteiger partial charge >= 0.3 is 0 Å². The number of hydrogen-bond donors (Lipinski definition) is 2. The van der Waals surface area contributed by atoms with Crippen LogP contribution < -0.4 is 5.32 Å². The Morgan fingerprint density at radius 3 is 2.61 bits per heavy atom. The van der Waals surface area contributed by atoms with Crippen LogP contribution in [0.15, 0.2) is 30.3 Å². The molecule has 18 heavy (non-hydrogen) atoms. The van der Waals surface area contributed by atoms with E-state index in [0.717, 1.165) is 24.8 Å². The molecule has 1 rings (SSSR count). The molecule has 1 atom stereocenters. The Hall–Kier alpha value is -1.35. The molecule has 0 heterocycles. The second-order valence-corrected chi connectivity index (χ2v) is 4.59. The van der Waals surface area contributed by atoms with Gasteiger partial charge in [-0.3, -0.25) is 4.79 Å². The van der Waals surface area contributed by atoms with E-state index in [1.54, 1.807) is 0 Å². The summed E-state index contributed by atoms with van der Waals surface area (Å²) in [6, 6.07) is 9.72. The maximum atomic E-state index is 11.7. The Kier molecular flexibility index (Phi) is 7.11. The average molecular weight is 249 g/mol. The first kappa shape index (κ1) is 14.7. The largest absolute Gasteiger partial charge is 0.394 e. The molecule has 0 saturated heterocycles. The average Bonchev–Trinajstić information content (AvgIpc) is 2.39. The molecule has 0 spiro atoms. The van der Waals surface area contributed by atoms with Crippen LogP contribution in [0.2, 0.25) is 0 Å². The number of aliphatic hydroxyl groups excluding tert-OH is 1. The van der Waals surface area contributed by atoms with E-state index in [9.17, 15) is 9.90 Å². The minimum atomic E-state index is -0.179. The van der Waals surface area contributed by atoms with Crippen molar-refractivity contribution in [2.75, 3.05) is 6.61 Å². The highest BCUT2D eigenvalue weighted by Crippen LogP contribution is 2.04. The summed E-state index contributed by atoms with van der Waals surface area (Å²) in [5.41, 5.74) is 1.13. The molecular weight excluding hydrogens is 226 g/mol. The summed E-state index contributed by atoms with van der Waals surface area (Å²) >= 11 is 0. The number of carbonyl (C=O) groups is 1. The molecule has 100 valence electrons. The molecule has 0 bridgehead atoms. The lowest BCUT2D eigenvalue weighted by atomic mass is 10.1. The van der Waals surface area contributed by atoms with E-state index >= 15 is 0 Å². The van der Waals surface area contributed by atoms with Gasteiger partial charge in [-0.2, -0.15) is 0 Å². The molecule has 2 N–H and O–H groups in total. The van der Waals surface area contributed by atoms with Crippen molar-refractivity contribution >= 4 is 5.91 Å². The zero-order chi connectivity index (χ0) is 13.2. The first-order chi connectivity index (χ1) is 8.76. The number of nitrogens with one attached hydrogen (secondary N) is 1. The van der Waals surface area contributed by atoms with Crippen LogP contribution >= 0.6 is 0 Å². The maximum absolute atomic E-state index is 11.7. The molecule has 3 nitrogen and oxygen atoms in total. The molecule has 0 radical (unpaired) electrons. The minimum Gasteiger partial charge on any atom is -0.394 e. The molecular formula is C15H23NO2. The number of unbranched alkanes of at least 4 members (excludes halogenated alkanes) is 2. The van der Waals surface area contributed by atoms with Crippen molar-refractivity contribution < 1.29 is 9.90 Å². The van der Waals surface area contributed by atoms with Crippen molar-refractivity contribution in [2.24, 2.45) is 0 Å². The fourth-order valence-corrected chi connectivity index (χ4v) is 1.90. The monoisotopic (exact) mass is 249 g/mol. The molecule has 1 amide bonds. The van der Waals surface area contributed by atoms with Crippen molar-refractivity contribution in [1.82, 2.24) is 5.32 Å². The lowest BCUT2D eigenvalue weighted by molar-refractivity contribution is -0.122. The Morgan fingerprint density at radius 2 is 2.00 bits per heavy atom. The van der Waals surface area contributed by atoms with Gasteiger partial charge in [0.05, 0.1) is 12.6 Å². The summed E-state index contributed by atoms with van der Waals surface area (Å²) in [7, 11) is 0. The van der Waals surface area contributed by atoms with Crippen molar-refractivity contribution in [2.45, 2.75) is 45.1 Å². The van der Waals surface area contributed by atoms with Crippen LogP contribution in [0, 0.1) is 0 Å². The smallest absolute Gasteiger partial charge is 0.220 e. The normalized spacial score (nSPS) is 12.1. The van der Waals surface area contributed by atoms with Gasteiger partial charge in [-0.1, -0.05) is 50.1 Å². The third kappa shape index (κ3) is 5.82. The fraction of sp³-hybridized carbons (Fsp3) is 0.533. The van der Waals surface area contributed by atoms with Crippen LogP contribution in [0.1, 0.15) is 38.2 Å². The van der Waals surface area contributed by atoms with Gasteiger partial charge in [-0.15, -0.1) is 0 Å². The quantitative estimate of drug-likeness (QED) is 0.694. The van der Waals surface area contributed by atoms with Crippen LogP contribution in [-0.4, -0.2) is 23.7 Å². The Labute approximate surface area is 109 Å². The highest BCUT2D eigenvalue weighted by Gasteiger charge is 2.11. The lowest BCUT2D eigenvalue weighted by Crippen LogP contribution is -2.38. The molecule has 1 aromatic carbocycles. The third-order valence-electron chi connectivity index (χ3n) is 2.92. The SMILES string of the molecule is CCCCCC(=O)NC(CO)Cc1ccccc1. The summed E-state index contributed by atoms with van der Waals surface area (Å²) < 4.78 is 0. The number of benzene rings is 1. The van der Waals surface area contributed by atoms with Crippen LogP contribution in [0.3, 0.4) is 0 Å². The first-order valence-corrected chi connectivity index (χ1v) is 6.70. The number of aliphatic hydroxyl groups is 1. The molecule has 1 aromatic rings. The van der Waals surface area contributed by atoms with Gasteiger partial charge in [-0.05, 0) is 18.4 Å². The van der Waals surface area contributed by atoms with Crippen LogP contribution in [-0.2, 0) is 11.2 Å². The molecule has 0 aliphatic carbocycles. The summed E-state index contributed by atoms with van der Waals surface area (Å²) in [4.78, 5) is 11.7. The Balaban J connectivity index is 2.35. The predicted octanol–water partition coefficient (Wildman–Crippen LogP) is 2.29. The van der Waals surface area contributed by atoms with E-state index in [2.05, 4.69) is 12.2 Å². The van der Waals surface area contributed by atoms with Crippen LogP contribution in [0.5, 0.6) is 0 Å². The van der Waals surface area contributed by atoms with Crippen LogP contribution in [0.4, 0.5) is 0 Å². The molecule has 0 fully saturated rings. The van der Waals surface area contributed by atoms with Gasteiger partial charge in [0.25, 0.3) is 0 Å². The van der Waals surface area contributed by atoms with Crippen molar-refractivity contribution in [3.05, 3.63) is 35.9 Å². The van der Waals surface area contributed by atoms with E-state index in [1.807, 2.05) is 30.3 Å². The maximum Gasteiger partial charge on any atom is 0.220 e. The highest BCUT2D eigenvalue weighted by atomic mass is 16.3. The molecule has 0 aliphatic rings. The van der Waals surface area contributed by atoms with Gasteiger partial charge in [0.2, 0.25) is 5.91 Å². The second kappa shape index (κ2) is 8.70. The lowest BCUT2D eigenvalue weighted by Gasteiger charge is -2.16. The minimum absolute atomic E-state index is 0.0194. The van der Waals surface area contributed by atoms with Crippen molar-refractivity contribution in [1.29, 1.82) is 0 Å². The highest BCUT2D eigenvalue weighted by molar-refractivity contribution is 5.76. The van der Waals surface area contributed by atoms with Gasteiger partial charge in [0, 0.05) is 6.42 Å². The van der Waals surface area contributed by atoms with Gasteiger partial charge in [-0.25, -0.2) is 0 Å². The number of amides is 1. The summed E-state index contributed by atoms with van der Waals surface area (Å²) in [5, 5.41) is 12.2. The van der Waals surface area contributed by atoms with Gasteiger partial charge in [0.15, 0.2) is 0 Å². The summed E-state index contributed by atoms with van der Waals surface area (Å²) in [6.07, 6.45) is 4.35. The van der Waals surface area contributed by atoms with Crippen LogP contribution in [0.25, 0.3) is 0 Å². The molecule has 1 unspecified atom stereocenters. The fourth-order valence-electron chi connectivity index (χ4n) is 1.90. The number of hydrogen-bond acceptors (Lipinski definition) is 2. The van der Waals surface area contributed by atoms with E-state index in [0.29, 0.717) is 12.8 Å². The van der Waals surface area contributed by atoms with E-state index in [4.69, 9.17) is 0 Å². The molecule has 0 saturated carbocycles.